The van der Waals surface area contributed by atoms with E-state index in [2.05, 4.69) is 15.7 Å². The lowest BCUT2D eigenvalue weighted by molar-refractivity contribution is -0.395. The Bertz CT molecular complexity index is 739. The Hall–Kier alpha value is -2.50. The summed E-state index contributed by atoms with van der Waals surface area (Å²) in [5.41, 5.74) is 0.928. The third-order valence-electron chi connectivity index (χ3n) is 4.13. The molecule has 1 rings (SSSR count). The van der Waals surface area contributed by atoms with Gasteiger partial charge in [-0.05, 0) is 39.5 Å². The van der Waals surface area contributed by atoms with Gasteiger partial charge in [-0.1, -0.05) is 4.98 Å². The van der Waals surface area contributed by atoms with Crippen LogP contribution in [0.15, 0.2) is 12.4 Å². The van der Waals surface area contributed by atoms with Crippen molar-refractivity contribution in [3.05, 3.63) is 22.5 Å². The van der Waals surface area contributed by atoms with E-state index in [-0.39, 0.29) is 5.78 Å². The average molecular weight is 382 g/mol. The quantitative estimate of drug-likeness (QED) is 0.329. The van der Waals surface area contributed by atoms with E-state index in [1.807, 2.05) is 0 Å². The topological polar surface area (TPSA) is 139 Å². The molecule has 0 saturated heterocycles. The number of Topliss-reactive ketones (excluding diaryl/α,β-unsaturated/α-hetero) is 2. The third-order valence-corrected chi connectivity index (χ3v) is 4.13. The van der Waals surface area contributed by atoms with Gasteiger partial charge in [-0.3, -0.25) is 9.59 Å². The fourth-order valence-electron chi connectivity index (χ4n) is 2.21. The molecule has 0 spiro atoms. The van der Waals surface area contributed by atoms with Crippen molar-refractivity contribution < 1.29 is 19.3 Å². The minimum absolute atomic E-state index is 0.00106. The molecule has 11 heteroatoms. The van der Waals surface area contributed by atoms with E-state index in [4.69, 9.17) is 0 Å². The number of nitro groups is 1. The Labute approximate surface area is 157 Å². The number of carbonyl (C=O) groups excluding carboxylic acids is 3. The van der Waals surface area contributed by atoms with Crippen molar-refractivity contribution in [3.63, 3.8) is 0 Å². The molecule has 150 valence electrons. The summed E-state index contributed by atoms with van der Waals surface area (Å²) < 4.78 is 0.614. The second-order valence-electron chi connectivity index (χ2n) is 7.25. The van der Waals surface area contributed by atoms with Gasteiger partial charge in [0.2, 0.25) is 0 Å². The molecule has 2 N–H and O–H groups in total. The minimum atomic E-state index is -1.31. The predicted octanol–water partition coefficient (Wildman–Crippen LogP) is 0.173. The van der Waals surface area contributed by atoms with Crippen molar-refractivity contribution in [1.82, 2.24) is 25.3 Å². The van der Waals surface area contributed by atoms with E-state index in [1.54, 1.807) is 25.9 Å². The van der Waals surface area contributed by atoms with Gasteiger partial charge in [0.05, 0.1) is 11.1 Å². The molecule has 0 aromatic carbocycles. The van der Waals surface area contributed by atoms with Crippen molar-refractivity contribution in [2.24, 2.45) is 0 Å². The van der Waals surface area contributed by atoms with Crippen molar-refractivity contribution in [2.45, 2.75) is 45.7 Å². The minimum Gasteiger partial charge on any atom is -0.390 e. The molecule has 0 amide bonds. The molecule has 0 unspecified atom stereocenters. The smallest absolute Gasteiger partial charge is 0.390 e. The van der Waals surface area contributed by atoms with E-state index in [1.165, 1.54) is 20.8 Å². The molecule has 27 heavy (non-hydrogen) atoms. The van der Waals surface area contributed by atoms with E-state index < -0.39 is 33.6 Å². The van der Waals surface area contributed by atoms with Crippen molar-refractivity contribution in [3.8, 4) is 0 Å². The van der Waals surface area contributed by atoms with E-state index in [0.717, 1.165) is 12.4 Å². The molecule has 1 aromatic rings. The van der Waals surface area contributed by atoms with Crippen LogP contribution in [0.1, 0.15) is 39.4 Å². The van der Waals surface area contributed by atoms with Gasteiger partial charge < -0.3 is 15.4 Å². The van der Waals surface area contributed by atoms with E-state index in [9.17, 15) is 24.5 Å². The van der Waals surface area contributed by atoms with Gasteiger partial charge in [0.15, 0.2) is 0 Å². The lowest BCUT2D eigenvalue weighted by Crippen LogP contribution is -2.58. The zero-order chi connectivity index (χ0) is 21.0. The number of aromatic nitrogens is 2. The number of ketones is 2. The van der Waals surface area contributed by atoms with Crippen molar-refractivity contribution >= 4 is 23.4 Å². The number of hydrogen-bond acceptors (Lipinski definition) is 9. The van der Waals surface area contributed by atoms with Crippen LogP contribution in [0.4, 0.5) is 5.95 Å². The largest absolute Gasteiger partial charge is 0.442 e. The lowest BCUT2D eigenvalue weighted by atomic mass is 9.99. The van der Waals surface area contributed by atoms with Crippen molar-refractivity contribution in [2.75, 3.05) is 20.1 Å². The van der Waals surface area contributed by atoms with Crippen LogP contribution in [0, 0.1) is 10.1 Å². The van der Waals surface area contributed by atoms with Gasteiger partial charge in [-0.2, -0.15) is 4.57 Å². The first kappa shape index (κ1) is 22.5. The fourth-order valence-corrected chi connectivity index (χ4v) is 2.21. The zero-order valence-electron chi connectivity index (χ0n) is 16.4. The molecule has 11 nitrogen and oxygen atoms in total. The summed E-state index contributed by atoms with van der Waals surface area (Å²) in [7, 11) is 1.68. The second-order valence-corrected chi connectivity index (χ2v) is 7.25. The third kappa shape index (κ3) is 5.74. The SMILES string of the molecule is CC(=O)C(C)(C)NCCN(C)NC(C)(C)C(=O)C(=O)n1ccnc1[N+](=O)[O-]. The molecule has 0 atom stereocenters. The molecular formula is C16H26N6O5. The van der Waals surface area contributed by atoms with Crippen molar-refractivity contribution in [1.29, 1.82) is 0 Å². The summed E-state index contributed by atoms with van der Waals surface area (Å²) in [6.07, 6.45) is 2.16. The number of hydrazine groups is 1. The van der Waals surface area contributed by atoms with Gasteiger partial charge in [0, 0.05) is 20.1 Å². The van der Waals surface area contributed by atoms with Crippen LogP contribution >= 0.6 is 0 Å². The van der Waals surface area contributed by atoms with Crippen LogP contribution in [-0.4, -0.2) is 68.2 Å². The number of likely N-dealkylation sites (N-methyl/N-ethyl adjacent to an activating group) is 1. The fraction of sp³-hybridized carbons (Fsp3) is 0.625. The number of nitrogens with zero attached hydrogens (tertiary/aromatic N) is 4. The number of imidazole rings is 1. The van der Waals surface area contributed by atoms with Crippen LogP contribution in [0.25, 0.3) is 0 Å². The molecule has 0 radical (unpaired) electrons. The highest BCUT2D eigenvalue weighted by molar-refractivity contribution is 6.40. The highest BCUT2D eigenvalue weighted by Crippen LogP contribution is 2.12. The molecule has 0 saturated carbocycles. The second kappa shape index (κ2) is 8.46. The van der Waals surface area contributed by atoms with Crippen LogP contribution in [0.3, 0.4) is 0 Å². The summed E-state index contributed by atoms with van der Waals surface area (Å²) >= 11 is 0. The van der Waals surface area contributed by atoms with Gasteiger partial charge in [-0.15, -0.1) is 0 Å². The Morgan fingerprint density at radius 3 is 2.37 bits per heavy atom. The Morgan fingerprint density at radius 1 is 1.26 bits per heavy atom. The Kier molecular flexibility index (Phi) is 7.06. The molecule has 1 heterocycles. The molecule has 0 bridgehead atoms. The maximum atomic E-state index is 12.5. The van der Waals surface area contributed by atoms with E-state index in [0.29, 0.717) is 17.7 Å². The summed E-state index contributed by atoms with van der Waals surface area (Å²) in [5, 5.41) is 15.6. The predicted molar refractivity (Wildman–Crippen MR) is 97.1 cm³/mol. The number of rotatable bonds is 10. The number of carbonyl (C=O) groups is 3. The van der Waals surface area contributed by atoms with Gasteiger partial charge in [0.25, 0.3) is 5.78 Å². The molecule has 0 aliphatic heterocycles. The van der Waals surface area contributed by atoms with Crippen LogP contribution in [-0.2, 0) is 9.59 Å². The highest BCUT2D eigenvalue weighted by atomic mass is 16.6. The summed E-state index contributed by atoms with van der Waals surface area (Å²) in [6.45, 7) is 8.93. The molecule has 0 fully saturated rings. The molecular weight excluding hydrogens is 356 g/mol. The standard InChI is InChI=1S/C16H26N6O5/c1-11(23)15(2,3)18-8-9-20(6)19-16(4,5)12(24)13(25)21-10-7-17-14(21)22(26)27/h7,10,18-19H,8-9H2,1-6H3. The van der Waals surface area contributed by atoms with Gasteiger partial charge in [-0.25, -0.2) is 15.2 Å². The first-order valence-electron chi connectivity index (χ1n) is 8.31. The molecule has 0 aliphatic carbocycles. The number of hydrogen-bond donors (Lipinski definition) is 2. The monoisotopic (exact) mass is 382 g/mol. The average Bonchev–Trinajstić information content (AvgIpc) is 3.02. The van der Waals surface area contributed by atoms with Gasteiger partial charge in [0.1, 0.15) is 18.2 Å². The van der Waals surface area contributed by atoms with Crippen LogP contribution < -0.4 is 10.7 Å². The number of nitrogens with one attached hydrogen (secondary N) is 2. The van der Waals surface area contributed by atoms with Crippen LogP contribution in [0.5, 0.6) is 0 Å². The lowest BCUT2D eigenvalue weighted by Gasteiger charge is -2.31. The van der Waals surface area contributed by atoms with Gasteiger partial charge >= 0.3 is 11.9 Å². The maximum absolute atomic E-state index is 12.5. The van der Waals surface area contributed by atoms with Crippen LogP contribution in [0.2, 0.25) is 0 Å². The maximum Gasteiger partial charge on any atom is 0.442 e. The molecule has 0 aliphatic rings. The highest BCUT2D eigenvalue weighted by Gasteiger charge is 2.38. The summed E-state index contributed by atoms with van der Waals surface area (Å²) in [5.74, 6) is -2.62. The zero-order valence-corrected chi connectivity index (χ0v) is 16.4. The van der Waals surface area contributed by atoms with E-state index >= 15 is 0 Å². The Balaban J connectivity index is 2.71. The first-order chi connectivity index (χ1) is 12.3. The normalized spacial score (nSPS) is 12.3. The molecule has 1 aromatic heterocycles. The Morgan fingerprint density at radius 2 is 1.85 bits per heavy atom. The first-order valence-corrected chi connectivity index (χ1v) is 8.31. The summed E-state index contributed by atoms with van der Waals surface area (Å²) in [6, 6.07) is 0. The summed E-state index contributed by atoms with van der Waals surface area (Å²) in [4.78, 5) is 49.9.